The summed E-state index contributed by atoms with van der Waals surface area (Å²) in [6, 6.07) is 0. The van der Waals surface area contributed by atoms with Gasteiger partial charge in [-0.05, 0) is 93.4 Å². The Bertz CT molecular complexity index is 1720. The quantitative estimate of drug-likeness (QED) is 0.174. The van der Waals surface area contributed by atoms with Gasteiger partial charge >= 0.3 is 59.1 Å². The first-order valence-electron chi connectivity index (χ1n) is 13.9. The van der Waals surface area contributed by atoms with Gasteiger partial charge in [-0.1, -0.05) is 25.3 Å². The molecule has 0 spiro atoms. The van der Waals surface area contributed by atoms with Gasteiger partial charge in [0.05, 0.1) is 5.70 Å². The van der Waals surface area contributed by atoms with Crippen molar-refractivity contribution >= 4 is 35.9 Å². The third-order valence-electron chi connectivity index (χ3n) is 8.09. The van der Waals surface area contributed by atoms with Gasteiger partial charge in [-0.2, -0.15) is 0 Å². The molecular weight excluding hydrogens is 594 g/mol. The molecule has 0 aromatic carbocycles. The number of H-pyrrole nitrogens is 2. The van der Waals surface area contributed by atoms with Crippen molar-refractivity contribution in [2.24, 2.45) is 0 Å². The number of allylic oxidation sites excluding steroid dienone is 2. The molecule has 12 heteroatoms. The molecule has 0 aliphatic carbocycles. The molecular formula is C33H34N4Na2O6. The van der Waals surface area contributed by atoms with Crippen LogP contribution >= 0.6 is 0 Å². The van der Waals surface area contributed by atoms with Crippen LogP contribution in [0, 0.1) is 13.8 Å². The van der Waals surface area contributed by atoms with Crippen LogP contribution in [0.5, 0.6) is 0 Å². The van der Waals surface area contributed by atoms with Gasteiger partial charge in [0.1, 0.15) is 0 Å². The Morgan fingerprint density at radius 3 is 1.56 bits per heavy atom. The fourth-order valence-corrected chi connectivity index (χ4v) is 5.60. The summed E-state index contributed by atoms with van der Waals surface area (Å²) in [6.45, 7) is 14.8. The molecule has 0 bridgehead atoms. The third-order valence-corrected chi connectivity index (χ3v) is 8.09. The van der Waals surface area contributed by atoms with E-state index in [1.807, 2.05) is 26.8 Å². The fraction of sp³-hybridized carbons (Fsp3) is 0.273. The minimum absolute atomic E-state index is 0. The van der Waals surface area contributed by atoms with Gasteiger partial charge in [-0.25, -0.2) is 0 Å². The number of carbonyl (C=O) groups is 4. The molecule has 4 heterocycles. The Hall–Kier alpha value is -3.12. The molecule has 45 heavy (non-hydrogen) atoms. The molecule has 4 rings (SSSR count). The number of carboxylic acids is 2. The molecule has 2 aromatic heterocycles. The number of aromatic nitrogens is 2. The van der Waals surface area contributed by atoms with Crippen molar-refractivity contribution in [1.29, 1.82) is 0 Å². The zero-order valence-corrected chi connectivity index (χ0v) is 30.7. The molecule has 0 unspecified atom stereocenters. The van der Waals surface area contributed by atoms with Crippen molar-refractivity contribution < 1.29 is 88.5 Å². The summed E-state index contributed by atoms with van der Waals surface area (Å²) in [5.74, 6) is -2.82. The number of nitrogens with one attached hydrogen (secondary N) is 4. The van der Waals surface area contributed by atoms with E-state index in [1.165, 1.54) is 6.08 Å². The Morgan fingerprint density at radius 1 is 0.689 bits per heavy atom. The van der Waals surface area contributed by atoms with E-state index in [9.17, 15) is 29.4 Å². The number of hydrogen-bond acceptors (Lipinski definition) is 6. The molecule has 0 saturated carbocycles. The van der Waals surface area contributed by atoms with Crippen LogP contribution in [0.3, 0.4) is 0 Å². The number of hydrogen-bond donors (Lipinski definition) is 4. The molecule has 2 aromatic rings. The number of carboxylic acid groups (broad SMARTS) is 2. The summed E-state index contributed by atoms with van der Waals surface area (Å²) in [4.78, 5) is 54.2. The Labute approximate surface area is 306 Å². The molecule has 0 saturated heterocycles. The van der Waals surface area contributed by atoms with Crippen LogP contribution in [0.2, 0.25) is 0 Å². The van der Waals surface area contributed by atoms with Crippen molar-refractivity contribution in [3.63, 3.8) is 0 Å². The van der Waals surface area contributed by atoms with E-state index in [1.54, 1.807) is 19.1 Å². The fourth-order valence-electron chi connectivity index (χ4n) is 5.60. The predicted molar refractivity (Wildman–Crippen MR) is 159 cm³/mol. The van der Waals surface area contributed by atoms with Gasteiger partial charge in [0.2, 0.25) is 0 Å². The molecule has 0 fully saturated rings. The van der Waals surface area contributed by atoms with Crippen LogP contribution < -0.4 is 80.0 Å². The largest absolute Gasteiger partial charge is 1.00 e. The van der Waals surface area contributed by atoms with E-state index in [4.69, 9.17) is 0 Å². The second-order valence-electron chi connectivity index (χ2n) is 10.7. The maximum absolute atomic E-state index is 12.3. The minimum Gasteiger partial charge on any atom is -0.550 e. The zero-order valence-electron chi connectivity index (χ0n) is 26.7. The molecule has 0 atom stereocenters. The molecule has 0 radical (unpaired) electrons. The number of amides is 2. The average molecular weight is 629 g/mol. The van der Waals surface area contributed by atoms with Crippen molar-refractivity contribution in [3.8, 4) is 0 Å². The monoisotopic (exact) mass is 628 g/mol. The van der Waals surface area contributed by atoms with Crippen LogP contribution in [-0.4, -0.2) is 33.7 Å². The van der Waals surface area contributed by atoms with Crippen LogP contribution in [0.4, 0.5) is 0 Å². The van der Waals surface area contributed by atoms with Crippen LogP contribution in [0.15, 0.2) is 59.0 Å². The van der Waals surface area contributed by atoms with Crippen LogP contribution in [0.25, 0.3) is 12.2 Å². The molecule has 4 N–H and O–H groups in total. The van der Waals surface area contributed by atoms with E-state index in [2.05, 4.69) is 33.8 Å². The molecule has 10 nitrogen and oxygen atoms in total. The summed E-state index contributed by atoms with van der Waals surface area (Å²) in [5.41, 5.74) is 9.76. The Kier molecular flexibility index (Phi) is 13.5. The zero-order chi connectivity index (χ0) is 31.6. The SMILES string of the molecule is C=CC1=C(C)/C(=C/c2[nH]c(Cc3[nH]c(/C=C4\NC(=O)C(C)=C4C=C)c(C)c3CCC(=O)[O-])c(CCC(=O)[O-])c2C)NC1=O.[Na+].[Na+]. The van der Waals surface area contributed by atoms with E-state index in [-0.39, 0.29) is 96.6 Å². The molecule has 2 aliphatic heterocycles. The predicted octanol–water partition coefficient (Wildman–Crippen LogP) is -4.13. The maximum atomic E-state index is 12.3. The first kappa shape index (κ1) is 38.1. The minimum atomic E-state index is -1.18. The second-order valence-corrected chi connectivity index (χ2v) is 10.7. The first-order chi connectivity index (χ1) is 20.4. The number of rotatable bonds is 12. The van der Waals surface area contributed by atoms with Gasteiger partial charge in [0.25, 0.3) is 11.8 Å². The first-order valence-corrected chi connectivity index (χ1v) is 13.9. The number of aromatic amines is 2. The van der Waals surface area contributed by atoms with Crippen molar-refractivity contribution in [2.75, 3.05) is 0 Å². The molecule has 224 valence electrons. The van der Waals surface area contributed by atoms with E-state index >= 15 is 0 Å². The van der Waals surface area contributed by atoms with Gasteiger partial charge < -0.3 is 40.4 Å². The van der Waals surface area contributed by atoms with Crippen LogP contribution in [-0.2, 0) is 38.4 Å². The van der Waals surface area contributed by atoms with Crippen molar-refractivity contribution in [3.05, 3.63) is 104 Å². The summed E-state index contributed by atoms with van der Waals surface area (Å²) in [6.07, 6.45) is 7.09. The van der Waals surface area contributed by atoms with E-state index in [0.717, 1.165) is 39.2 Å². The van der Waals surface area contributed by atoms with E-state index in [0.29, 0.717) is 45.9 Å². The third kappa shape index (κ3) is 8.19. The Morgan fingerprint density at radius 2 is 1.13 bits per heavy atom. The van der Waals surface area contributed by atoms with Gasteiger partial charge in [0, 0.05) is 63.6 Å². The van der Waals surface area contributed by atoms with Gasteiger partial charge in [-0.3, -0.25) is 9.59 Å². The topological polar surface area (TPSA) is 170 Å². The Balaban J connectivity index is 0.00000353. The van der Waals surface area contributed by atoms with E-state index < -0.39 is 11.9 Å². The second kappa shape index (κ2) is 15.9. The maximum Gasteiger partial charge on any atom is 1.00 e. The summed E-state index contributed by atoms with van der Waals surface area (Å²) >= 11 is 0. The number of aliphatic carboxylic acids is 2. The molecule has 2 aliphatic rings. The van der Waals surface area contributed by atoms with Crippen LogP contribution in [0.1, 0.15) is 71.7 Å². The van der Waals surface area contributed by atoms with Crippen molar-refractivity contribution in [2.45, 2.75) is 59.8 Å². The summed E-state index contributed by atoms with van der Waals surface area (Å²) in [7, 11) is 0. The normalized spacial score (nSPS) is 16.1. The average Bonchev–Trinajstić information content (AvgIpc) is 3.59. The number of carbonyl (C=O) groups excluding carboxylic acids is 4. The summed E-state index contributed by atoms with van der Waals surface area (Å²) < 4.78 is 0. The standard InChI is InChI=1S/C33H36N4O6.2Na/c1-7-20-19(6)32(42)37-27(20)14-25-18(5)23(10-12-31(40)41)29(35-25)15-28-22(9-11-30(38)39)17(4)24(34-28)13-26-16(3)21(8-2)33(43)36-26;;/h7-8,13-14,34-35H,1-2,9-12,15H2,3-6H3,(H,36,43)(H,37,42)(H,38,39)(H,40,41);;/q;2*+1/p-2/b26-13-,27-14-;;. The van der Waals surface area contributed by atoms with Gasteiger partial charge in [0.15, 0.2) is 0 Å². The molecule has 2 amide bonds. The van der Waals surface area contributed by atoms with Crippen molar-refractivity contribution in [1.82, 2.24) is 20.6 Å². The smallest absolute Gasteiger partial charge is 0.550 e. The van der Waals surface area contributed by atoms with Gasteiger partial charge in [-0.15, -0.1) is 0 Å². The summed E-state index contributed by atoms with van der Waals surface area (Å²) in [5, 5.41) is 28.5.